The molecule has 0 atom stereocenters. The Morgan fingerprint density at radius 1 is 1.31 bits per heavy atom. The zero-order valence-corrected chi connectivity index (χ0v) is 6.98. The van der Waals surface area contributed by atoms with Crippen LogP contribution in [-0.4, -0.2) is 11.7 Å². The molecule has 13 heavy (non-hydrogen) atoms. The third-order valence-corrected chi connectivity index (χ3v) is 2.09. The van der Waals surface area contributed by atoms with Crippen molar-refractivity contribution in [1.82, 2.24) is 0 Å². The number of amides is 1. The molecule has 5 heteroatoms. The number of carbonyl (C=O) groups is 2. The van der Waals surface area contributed by atoms with Gasteiger partial charge in [0.15, 0.2) is 0 Å². The van der Waals surface area contributed by atoms with E-state index in [1.54, 1.807) is 0 Å². The molecule has 0 bridgehead atoms. The van der Waals surface area contributed by atoms with Crippen LogP contribution in [0.4, 0.5) is 10.1 Å². The molecule has 0 saturated heterocycles. The van der Waals surface area contributed by atoms with Crippen molar-refractivity contribution in [3.05, 3.63) is 28.5 Å². The van der Waals surface area contributed by atoms with Gasteiger partial charge in [-0.25, -0.2) is 4.39 Å². The molecule has 1 aromatic rings. The molecule has 1 N–H and O–H groups in total. The van der Waals surface area contributed by atoms with Crippen LogP contribution >= 0.6 is 11.6 Å². The number of hydrogen-bond donors (Lipinski definition) is 1. The Hall–Kier alpha value is -1.42. The first kappa shape index (κ1) is 8.19. The van der Waals surface area contributed by atoms with Crippen molar-refractivity contribution >= 4 is 29.0 Å². The van der Waals surface area contributed by atoms with E-state index in [0.717, 1.165) is 6.07 Å². The number of hydrogen-bond acceptors (Lipinski definition) is 2. The van der Waals surface area contributed by atoms with Gasteiger partial charge in [0.1, 0.15) is 5.82 Å². The largest absolute Gasteiger partial charge is 0.317 e. The number of nitrogens with one attached hydrogen (secondary N) is 1. The Labute approximate surface area is 77.5 Å². The van der Waals surface area contributed by atoms with E-state index in [2.05, 4.69) is 5.32 Å². The summed E-state index contributed by atoms with van der Waals surface area (Å²) in [5.74, 6) is -2.46. The molecule has 1 aromatic carbocycles. The van der Waals surface area contributed by atoms with E-state index in [9.17, 15) is 14.0 Å². The van der Waals surface area contributed by atoms with Crippen molar-refractivity contribution in [3.8, 4) is 0 Å². The van der Waals surface area contributed by atoms with Gasteiger partial charge in [-0.15, -0.1) is 0 Å². The number of carbonyl (C=O) groups excluding carboxylic acids is 2. The van der Waals surface area contributed by atoms with E-state index in [0.29, 0.717) is 0 Å². The number of Topliss-reactive ketones (excluding diaryl/α,β-unsaturated/α-hetero) is 1. The van der Waals surface area contributed by atoms with Gasteiger partial charge in [0, 0.05) is 0 Å². The van der Waals surface area contributed by atoms with Crippen LogP contribution in [0.25, 0.3) is 0 Å². The Morgan fingerprint density at radius 2 is 2.00 bits per heavy atom. The van der Waals surface area contributed by atoms with Crippen LogP contribution in [0.1, 0.15) is 10.4 Å². The first-order valence-corrected chi connectivity index (χ1v) is 3.82. The quantitative estimate of drug-likeness (QED) is 0.646. The molecule has 1 aliphatic heterocycles. The summed E-state index contributed by atoms with van der Waals surface area (Å²) in [4.78, 5) is 21.9. The number of benzene rings is 1. The second-order valence-electron chi connectivity index (χ2n) is 2.56. The molecule has 1 heterocycles. The average Bonchev–Trinajstić information content (AvgIpc) is 2.38. The molecule has 0 spiro atoms. The van der Waals surface area contributed by atoms with Gasteiger partial charge in [0.2, 0.25) is 0 Å². The second-order valence-corrected chi connectivity index (χ2v) is 2.97. The van der Waals surface area contributed by atoms with Crippen molar-refractivity contribution < 1.29 is 14.0 Å². The van der Waals surface area contributed by atoms with E-state index < -0.39 is 17.5 Å². The number of halogens is 2. The van der Waals surface area contributed by atoms with Crippen molar-refractivity contribution in [3.63, 3.8) is 0 Å². The van der Waals surface area contributed by atoms with Crippen LogP contribution in [-0.2, 0) is 4.79 Å². The van der Waals surface area contributed by atoms with Crippen LogP contribution in [0.2, 0.25) is 5.02 Å². The Morgan fingerprint density at radius 3 is 2.62 bits per heavy atom. The molecule has 2 rings (SSSR count). The van der Waals surface area contributed by atoms with E-state index in [1.165, 1.54) is 6.07 Å². The smallest absolute Gasteiger partial charge is 0.297 e. The third-order valence-electron chi connectivity index (χ3n) is 1.78. The normalized spacial score (nSPS) is 14.3. The van der Waals surface area contributed by atoms with Crippen LogP contribution in [0.15, 0.2) is 12.1 Å². The zero-order valence-electron chi connectivity index (χ0n) is 6.23. The summed E-state index contributed by atoms with van der Waals surface area (Å²) in [5, 5.41) is 2.36. The highest BCUT2D eigenvalue weighted by atomic mass is 35.5. The minimum Gasteiger partial charge on any atom is -0.317 e. The maximum atomic E-state index is 13.0. The van der Waals surface area contributed by atoms with Crippen molar-refractivity contribution in [2.24, 2.45) is 0 Å². The highest BCUT2D eigenvalue weighted by molar-refractivity contribution is 6.53. The molecule has 66 valence electrons. The fourth-order valence-electron chi connectivity index (χ4n) is 1.18. The monoisotopic (exact) mass is 199 g/mol. The molecular weight excluding hydrogens is 197 g/mol. The van der Waals surface area contributed by atoms with Crippen LogP contribution < -0.4 is 5.32 Å². The standard InChI is InChI=1S/C8H3ClFNO2/c9-3-1-2-4(10)5-6(3)11-8(13)7(5)12/h1-2H,(H,11,12,13). The third kappa shape index (κ3) is 1.02. The summed E-state index contributed by atoms with van der Waals surface area (Å²) in [7, 11) is 0. The van der Waals surface area contributed by atoms with Gasteiger partial charge in [-0.05, 0) is 12.1 Å². The van der Waals surface area contributed by atoms with E-state index in [4.69, 9.17) is 11.6 Å². The lowest BCUT2D eigenvalue weighted by Gasteiger charge is -1.99. The zero-order chi connectivity index (χ0) is 9.59. The topological polar surface area (TPSA) is 46.2 Å². The molecule has 0 fully saturated rings. The molecule has 0 aromatic heterocycles. The van der Waals surface area contributed by atoms with Crippen molar-refractivity contribution in [2.45, 2.75) is 0 Å². The summed E-state index contributed by atoms with van der Waals surface area (Å²) in [6.45, 7) is 0. The molecule has 0 saturated carbocycles. The number of anilines is 1. The number of fused-ring (bicyclic) bond motifs is 1. The highest BCUT2D eigenvalue weighted by Gasteiger charge is 2.32. The van der Waals surface area contributed by atoms with E-state index >= 15 is 0 Å². The Balaban J connectivity index is 2.75. The van der Waals surface area contributed by atoms with Gasteiger partial charge in [-0.2, -0.15) is 0 Å². The fourth-order valence-corrected chi connectivity index (χ4v) is 1.38. The van der Waals surface area contributed by atoms with Gasteiger partial charge in [0.05, 0.1) is 16.3 Å². The summed E-state index contributed by atoms with van der Waals surface area (Å²) in [6, 6.07) is 2.34. The van der Waals surface area contributed by atoms with Crippen LogP contribution in [0, 0.1) is 5.82 Å². The van der Waals surface area contributed by atoms with E-state index in [-0.39, 0.29) is 16.3 Å². The van der Waals surface area contributed by atoms with Gasteiger partial charge in [0.25, 0.3) is 11.7 Å². The minimum absolute atomic E-state index is 0.0664. The van der Waals surface area contributed by atoms with Crippen molar-refractivity contribution in [2.75, 3.05) is 5.32 Å². The second kappa shape index (κ2) is 2.53. The van der Waals surface area contributed by atoms with Gasteiger partial charge in [-0.1, -0.05) is 11.6 Å². The maximum Gasteiger partial charge on any atom is 0.297 e. The highest BCUT2D eigenvalue weighted by Crippen LogP contribution is 2.32. The molecule has 0 radical (unpaired) electrons. The Bertz CT molecular complexity index is 430. The summed E-state index contributed by atoms with van der Waals surface area (Å²) >= 11 is 5.64. The Kier molecular flexibility index (Phi) is 1.60. The fraction of sp³-hybridized carbons (Fsp3) is 0. The first-order valence-electron chi connectivity index (χ1n) is 3.45. The lowest BCUT2D eigenvalue weighted by Crippen LogP contribution is -2.13. The lowest BCUT2D eigenvalue weighted by atomic mass is 10.1. The molecule has 0 aliphatic carbocycles. The molecule has 3 nitrogen and oxygen atoms in total. The van der Waals surface area contributed by atoms with E-state index in [1.807, 2.05) is 0 Å². The first-order chi connectivity index (χ1) is 6.11. The van der Waals surface area contributed by atoms with Gasteiger partial charge < -0.3 is 5.32 Å². The predicted molar refractivity (Wildman–Crippen MR) is 44.4 cm³/mol. The lowest BCUT2D eigenvalue weighted by molar-refractivity contribution is -0.112. The SMILES string of the molecule is O=C1Nc2c(Cl)ccc(F)c2C1=O. The molecule has 0 unspecified atom stereocenters. The number of rotatable bonds is 0. The van der Waals surface area contributed by atoms with Crippen molar-refractivity contribution in [1.29, 1.82) is 0 Å². The van der Waals surface area contributed by atoms with Gasteiger partial charge >= 0.3 is 0 Å². The van der Waals surface area contributed by atoms with Crippen LogP contribution in [0.5, 0.6) is 0 Å². The maximum absolute atomic E-state index is 13.0. The van der Waals surface area contributed by atoms with Gasteiger partial charge in [-0.3, -0.25) is 9.59 Å². The summed E-state index contributed by atoms with van der Waals surface area (Å²) in [6.07, 6.45) is 0. The predicted octanol–water partition coefficient (Wildman–Crippen LogP) is 1.61. The summed E-state index contributed by atoms with van der Waals surface area (Å²) in [5.41, 5.74) is -0.200. The molecule has 1 amide bonds. The summed E-state index contributed by atoms with van der Waals surface area (Å²) < 4.78 is 13.0. The molecular formula is C8H3ClFNO2. The van der Waals surface area contributed by atoms with Crippen LogP contribution in [0.3, 0.4) is 0 Å². The molecule has 1 aliphatic rings. The minimum atomic E-state index is -0.880. The average molecular weight is 200 g/mol. The number of ketones is 1.